The number of hydrogen-bond donors (Lipinski definition) is 3. The summed E-state index contributed by atoms with van der Waals surface area (Å²) in [5.74, 6) is 1.14. The Labute approximate surface area is 156 Å². The predicted molar refractivity (Wildman–Crippen MR) is 101 cm³/mol. The molecule has 1 heterocycles. The maximum absolute atomic E-state index is 11.9. The quantitative estimate of drug-likeness (QED) is 0.371. The van der Waals surface area contributed by atoms with Crippen molar-refractivity contribution in [2.24, 2.45) is 10.9 Å². The minimum Gasteiger partial charge on any atom is -0.444 e. The summed E-state index contributed by atoms with van der Waals surface area (Å²) in [6.45, 7) is 8.20. The highest BCUT2D eigenvalue weighted by molar-refractivity contribution is 5.80. The fourth-order valence-electron chi connectivity index (χ4n) is 2.75. The topological polar surface area (TPSA) is 95.1 Å². The van der Waals surface area contributed by atoms with E-state index in [4.69, 9.17) is 4.74 Å². The number of carbonyl (C=O) groups is 2. The molecule has 2 amide bonds. The van der Waals surface area contributed by atoms with Gasteiger partial charge in [0.25, 0.3) is 0 Å². The second-order valence-electron chi connectivity index (χ2n) is 8.00. The van der Waals surface area contributed by atoms with Gasteiger partial charge in [-0.1, -0.05) is 6.42 Å². The number of aliphatic imine (C=N–C) groups is 1. The molecule has 2 rings (SSSR count). The Morgan fingerprint density at radius 3 is 2.35 bits per heavy atom. The van der Waals surface area contributed by atoms with Crippen LogP contribution in [0.1, 0.15) is 46.5 Å². The fraction of sp³-hybridized carbons (Fsp3) is 0.833. The van der Waals surface area contributed by atoms with Gasteiger partial charge in [-0.25, -0.2) is 4.79 Å². The summed E-state index contributed by atoms with van der Waals surface area (Å²) in [4.78, 5) is 29.5. The van der Waals surface area contributed by atoms with Crippen molar-refractivity contribution in [3.8, 4) is 0 Å². The van der Waals surface area contributed by atoms with E-state index in [9.17, 15) is 9.59 Å². The monoisotopic (exact) mass is 367 g/mol. The molecule has 1 saturated heterocycles. The lowest BCUT2D eigenvalue weighted by molar-refractivity contribution is -0.127. The van der Waals surface area contributed by atoms with Gasteiger partial charge in [-0.3, -0.25) is 9.79 Å². The van der Waals surface area contributed by atoms with Gasteiger partial charge in [0.2, 0.25) is 5.91 Å². The second kappa shape index (κ2) is 9.09. The molecule has 8 nitrogen and oxygen atoms in total. The van der Waals surface area contributed by atoms with E-state index in [1.54, 1.807) is 11.9 Å². The average molecular weight is 367 g/mol. The molecule has 2 aliphatic rings. The maximum Gasteiger partial charge on any atom is 0.410 e. The van der Waals surface area contributed by atoms with Gasteiger partial charge >= 0.3 is 6.09 Å². The predicted octanol–water partition coefficient (Wildman–Crippen LogP) is 1.08. The molecule has 0 spiro atoms. The third-order valence-corrected chi connectivity index (χ3v) is 4.52. The largest absolute Gasteiger partial charge is 0.444 e. The van der Waals surface area contributed by atoms with Gasteiger partial charge < -0.3 is 25.6 Å². The summed E-state index contributed by atoms with van der Waals surface area (Å²) in [6, 6.07) is 0.173. The summed E-state index contributed by atoms with van der Waals surface area (Å²) in [6.07, 6.45) is 3.80. The van der Waals surface area contributed by atoms with Gasteiger partial charge in [-0.15, -0.1) is 0 Å². The van der Waals surface area contributed by atoms with E-state index in [2.05, 4.69) is 20.9 Å². The molecular weight excluding hydrogens is 334 g/mol. The zero-order valence-electron chi connectivity index (χ0n) is 16.4. The van der Waals surface area contributed by atoms with Crippen LogP contribution in [0.25, 0.3) is 0 Å². The maximum atomic E-state index is 11.9. The Balaban J connectivity index is 1.54. The van der Waals surface area contributed by atoms with Crippen LogP contribution in [0.15, 0.2) is 4.99 Å². The highest BCUT2D eigenvalue weighted by Gasteiger charge is 2.34. The van der Waals surface area contributed by atoms with Crippen LogP contribution in [0, 0.1) is 5.92 Å². The van der Waals surface area contributed by atoms with Gasteiger partial charge in [0, 0.05) is 39.1 Å². The van der Waals surface area contributed by atoms with Gasteiger partial charge in [-0.05, 0) is 40.0 Å². The number of nitrogens with one attached hydrogen (secondary N) is 3. The average Bonchev–Trinajstić information content (AvgIpc) is 2.44. The van der Waals surface area contributed by atoms with Crippen LogP contribution in [0.5, 0.6) is 0 Å². The van der Waals surface area contributed by atoms with Gasteiger partial charge in [-0.2, -0.15) is 0 Å². The summed E-state index contributed by atoms with van der Waals surface area (Å²) < 4.78 is 5.34. The first kappa shape index (κ1) is 20.3. The van der Waals surface area contributed by atoms with Crippen LogP contribution < -0.4 is 16.0 Å². The number of carbonyl (C=O) groups excluding carboxylic acids is 2. The van der Waals surface area contributed by atoms with Crippen LogP contribution in [0.2, 0.25) is 0 Å². The lowest BCUT2D eigenvalue weighted by atomic mass is 9.85. The first-order chi connectivity index (χ1) is 12.3. The Bertz CT molecular complexity index is 519. The molecule has 0 aromatic carbocycles. The van der Waals surface area contributed by atoms with Crippen LogP contribution in [0.3, 0.4) is 0 Å². The van der Waals surface area contributed by atoms with Crippen molar-refractivity contribution in [1.82, 2.24) is 20.9 Å². The van der Waals surface area contributed by atoms with Crippen molar-refractivity contribution >= 4 is 18.0 Å². The van der Waals surface area contributed by atoms with E-state index in [1.165, 1.54) is 6.42 Å². The molecule has 0 radical (unpaired) electrons. The highest BCUT2D eigenvalue weighted by Crippen LogP contribution is 2.26. The Hall–Kier alpha value is -1.99. The molecule has 0 unspecified atom stereocenters. The molecular formula is C18H33N5O3. The number of guanidine groups is 1. The Morgan fingerprint density at radius 2 is 1.81 bits per heavy atom. The first-order valence-corrected chi connectivity index (χ1v) is 9.51. The molecule has 1 aliphatic heterocycles. The number of ether oxygens (including phenoxy) is 1. The standard InChI is InChI=1S/C18H33N5O3/c1-18(2,3)26-17(25)23-11-14(12-23)22-16(19-4)21-10-6-9-20-15(24)13-7-5-8-13/h13-14H,5-12H2,1-4H3,(H,20,24)(H2,19,21,22). The number of likely N-dealkylation sites (tertiary alicyclic amines) is 1. The van der Waals surface area contributed by atoms with E-state index in [-0.39, 0.29) is 24.0 Å². The van der Waals surface area contributed by atoms with E-state index < -0.39 is 5.60 Å². The smallest absolute Gasteiger partial charge is 0.410 e. The van der Waals surface area contributed by atoms with Crippen LogP contribution in [-0.2, 0) is 9.53 Å². The molecule has 148 valence electrons. The summed E-state index contributed by atoms with van der Waals surface area (Å²) in [7, 11) is 1.72. The molecule has 3 N–H and O–H groups in total. The third-order valence-electron chi connectivity index (χ3n) is 4.52. The van der Waals surface area contributed by atoms with Gasteiger partial charge in [0.1, 0.15) is 5.60 Å². The van der Waals surface area contributed by atoms with Crippen molar-refractivity contribution in [3.63, 3.8) is 0 Å². The first-order valence-electron chi connectivity index (χ1n) is 9.51. The molecule has 0 aromatic heterocycles. The molecule has 0 bridgehead atoms. The molecule has 1 saturated carbocycles. The molecule has 26 heavy (non-hydrogen) atoms. The summed E-state index contributed by atoms with van der Waals surface area (Å²) >= 11 is 0. The fourth-order valence-corrected chi connectivity index (χ4v) is 2.75. The lowest BCUT2D eigenvalue weighted by Gasteiger charge is -2.40. The van der Waals surface area contributed by atoms with Crippen molar-refractivity contribution < 1.29 is 14.3 Å². The van der Waals surface area contributed by atoms with Crippen LogP contribution in [0.4, 0.5) is 4.79 Å². The number of hydrogen-bond acceptors (Lipinski definition) is 4. The molecule has 1 aliphatic carbocycles. The van der Waals surface area contributed by atoms with Crippen molar-refractivity contribution in [2.75, 3.05) is 33.2 Å². The Kier molecular flexibility index (Phi) is 7.11. The zero-order chi connectivity index (χ0) is 19.2. The summed E-state index contributed by atoms with van der Waals surface area (Å²) in [5.41, 5.74) is -0.471. The minimum absolute atomic E-state index is 0.173. The Morgan fingerprint density at radius 1 is 1.15 bits per heavy atom. The molecule has 8 heteroatoms. The van der Waals surface area contributed by atoms with Crippen molar-refractivity contribution in [2.45, 2.75) is 58.1 Å². The van der Waals surface area contributed by atoms with E-state index in [0.29, 0.717) is 25.6 Å². The third kappa shape index (κ3) is 6.38. The molecule has 0 aromatic rings. The zero-order valence-corrected chi connectivity index (χ0v) is 16.4. The van der Waals surface area contributed by atoms with E-state index >= 15 is 0 Å². The second-order valence-corrected chi connectivity index (χ2v) is 8.00. The number of amides is 2. The van der Waals surface area contributed by atoms with Crippen molar-refractivity contribution in [1.29, 1.82) is 0 Å². The van der Waals surface area contributed by atoms with Crippen molar-refractivity contribution in [3.05, 3.63) is 0 Å². The molecule has 0 atom stereocenters. The van der Waals surface area contributed by atoms with E-state index in [1.807, 2.05) is 20.8 Å². The van der Waals surface area contributed by atoms with Gasteiger partial charge in [0.05, 0.1) is 6.04 Å². The summed E-state index contributed by atoms with van der Waals surface area (Å²) in [5, 5.41) is 9.50. The van der Waals surface area contributed by atoms with Crippen LogP contribution in [-0.4, -0.2) is 67.7 Å². The highest BCUT2D eigenvalue weighted by atomic mass is 16.6. The normalized spacial score (nSPS) is 18.6. The van der Waals surface area contributed by atoms with Crippen LogP contribution >= 0.6 is 0 Å². The number of nitrogens with zero attached hydrogens (tertiary/aromatic N) is 2. The lowest BCUT2D eigenvalue weighted by Crippen LogP contribution is -2.63. The van der Waals surface area contributed by atoms with Gasteiger partial charge in [0.15, 0.2) is 5.96 Å². The minimum atomic E-state index is -0.471. The SMILES string of the molecule is CN=C(NCCCNC(=O)C1CCC1)NC1CN(C(=O)OC(C)(C)C)C1. The number of rotatable bonds is 6. The van der Waals surface area contributed by atoms with E-state index in [0.717, 1.165) is 25.8 Å². The molecule has 2 fully saturated rings.